The Morgan fingerprint density at radius 2 is 1.65 bits per heavy atom. The fourth-order valence-corrected chi connectivity index (χ4v) is 3.72. The predicted molar refractivity (Wildman–Crippen MR) is 128 cm³/mol. The van der Waals surface area contributed by atoms with E-state index in [4.69, 9.17) is 14.2 Å². The number of aryl methyl sites for hydroxylation is 2. The van der Waals surface area contributed by atoms with E-state index in [1.54, 1.807) is 18.2 Å². The Labute approximate surface area is 199 Å². The Hall–Kier alpha value is -3.87. The van der Waals surface area contributed by atoms with E-state index in [1.807, 2.05) is 38.1 Å². The summed E-state index contributed by atoms with van der Waals surface area (Å²) in [6.45, 7) is 5.30. The third kappa shape index (κ3) is 6.13. The van der Waals surface area contributed by atoms with Crippen LogP contribution in [-0.4, -0.2) is 42.4 Å². The summed E-state index contributed by atoms with van der Waals surface area (Å²) in [4.78, 5) is 36.3. The zero-order chi connectivity index (χ0) is 24.7. The van der Waals surface area contributed by atoms with Crippen molar-refractivity contribution in [1.82, 2.24) is 4.57 Å². The van der Waals surface area contributed by atoms with Crippen LogP contribution in [0.25, 0.3) is 0 Å². The van der Waals surface area contributed by atoms with Crippen LogP contribution in [0.5, 0.6) is 11.5 Å². The van der Waals surface area contributed by atoms with E-state index in [1.165, 1.54) is 19.6 Å². The molecule has 0 bridgehead atoms. The first-order valence-electron chi connectivity index (χ1n) is 11.0. The summed E-state index contributed by atoms with van der Waals surface area (Å²) in [5, 5.41) is 0. The Morgan fingerprint density at radius 1 is 0.912 bits per heavy atom. The zero-order valence-electron chi connectivity index (χ0n) is 19.9. The molecule has 1 heterocycles. The molecule has 0 fully saturated rings. The molecule has 2 aromatic carbocycles. The monoisotopic (exact) mass is 463 g/mol. The van der Waals surface area contributed by atoms with Crippen molar-refractivity contribution in [2.24, 2.45) is 0 Å². The molecule has 7 nitrogen and oxygen atoms in total. The fraction of sp³-hybridized carbons (Fsp3) is 0.296. The van der Waals surface area contributed by atoms with Gasteiger partial charge in [0.05, 0.1) is 7.11 Å². The number of carbonyl (C=O) groups is 3. The summed E-state index contributed by atoms with van der Waals surface area (Å²) in [7, 11) is 1.44. The molecule has 0 spiro atoms. The van der Waals surface area contributed by atoms with Crippen LogP contribution in [-0.2, 0) is 22.5 Å². The van der Waals surface area contributed by atoms with Gasteiger partial charge in [-0.15, -0.1) is 0 Å². The molecule has 0 unspecified atom stereocenters. The molecule has 7 heteroatoms. The van der Waals surface area contributed by atoms with Gasteiger partial charge in [0.15, 0.2) is 30.5 Å². The zero-order valence-corrected chi connectivity index (χ0v) is 19.9. The molecule has 0 N–H and O–H groups in total. The van der Waals surface area contributed by atoms with Gasteiger partial charge in [0.1, 0.15) is 0 Å². The Morgan fingerprint density at radius 3 is 2.32 bits per heavy atom. The average Bonchev–Trinajstić information content (AvgIpc) is 3.13. The van der Waals surface area contributed by atoms with Gasteiger partial charge in [0, 0.05) is 29.1 Å². The van der Waals surface area contributed by atoms with E-state index in [0.29, 0.717) is 22.6 Å². The number of aromatic nitrogens is 1. The standard InChI is InChI=1S/C27H29NO6/c1-18-14-23(19(2)28(18)13-12-21-8-6-5-7-9-21)24(30)16-34-27(31)17-33-25-11-10-22(20(3)29)15-26(25)32-4/h5-11,14-15H,12-13,16-17H2,1-4H3. The number of methoxy groups -OCH3 is 1. The minimum absolute atomic E-state index is 0.109. The summed E-state index contributed by atoms with van der Waals surface area (Å²) in [5.41, 5.74) is 4.07. The summed E-state index contributed by atoms with van der Waals surface area (Å²) >= 11 is 0. The lowest BCUT2D eigenvalue weighted by atomic mass is 10.1. The van der Waals surface area contributed by atoms with Gasteiger partial charge in [-0.2, -0.15) is 0 Å². The number of Topliss-reactive ketones (excluding diaryl/α,β-unsaturated/α-hetero) is 2. The first-order valence-corrected chi connectivity index (χ1v) is 11.0. The molecule has 0 atom stereocenters. The van der Waals surface area contributed by atoms with Gasteiger partial charge in [-0.05, 0) is 57.0 Å². The van der Waals surface area contributed by atoms with Crippen LogP contribution in [0, 0.1) is 13.8 Å². The van der Waals surface area contributed by atoms with Crippen molar-refractivity contribution in [1.29, 1.82) is 0 Å². The topological polar surface area (TPSA) is 83.8 Å². The number of ketones is 2. The SMILES string of the molecule is COc1cc(C(C)=O)ccc1OCC(=O)OCC(=O)c1cc(C)n(CCc2ccccc2)c1C. The maximum atomic E-state index is 12.7. The molecule has 178 valence electrons. The van der Waals surface area contributed by atoms with Crippen molar-refractivity contribution in [3.05, 3.63) is 82.7 Å². The minimum atomic E-state index is -0.677. The number of hydrogen-bond acceptors (Lipinski definition) is 6. The highest BCUT2D eigenvalue weighted by atomic mass is 16.6. The van der Waals surface area contributed by atoms with Crippen molar-refractivity contribution in [2.45, 2.75) is 33.7 Å². The largest absolute Gasteiger partial charge is 0.493 e. The van der Waals surface area contributed by atoms with Gasteiger partial charge in [0.2, 0.25) is 5.78 Å². The molecular formula is C27H29NO6. The number of ether oxygens (including phenoxy) is 3. The number of esters is 1. The normalized spacial score (nSPS) is 10.6. The van der Waals surface area contributed by atoms with E-state index < -0.39 is 5.97 Å². The smallest absolute Gasteiger partial charge is 0.344 e. The van der Waals surface area contributed by atoms with Crippen molar-refractivity contribution >= 4 is 17.5 Å². The fourth-order valence-electron chi connectivity index (χ4n) is 3.72. The summed E-state index contributed by atoms with van der Waals surface area (Å²) in [5.74, 6) is -0.417. The van der Waals surface area contributed by atoms with Crippen LogP contribution in [0.2, 0.25) is 0 Å². The molecule has 34 heavy (non-hydrogen) atoms. The maximum absolute atomic E-state index is 12.7. The van der Waals surface area contributed by atoms with Gasteiger partial charge >= 0.3 is 5.97 Å². The summed E-state index contributed by atoms with van der Waals surface area (Å²) in [6, 6.07) is 16.7. The highest BCUT2D eigenvalue weighted by Crippen LogP contribution is 2.28. The van der Waals surface area contributed by atoms with E-state index in [9.17, 15) is 14.4 Å². The molecule has 1 aromatic heterocycles. The van der Waals surface area contributed by atoms with Crippen molar-refractivity contribution in [3.8, 4) is 11.5 Å². The second-order valence-electron chi connectivity index (χ2n) is 7.97. The van der Waals surface area contributed by atoms with Gasteiger partial charge in [-0.1, -0.05) is 30.3 Å². The molecule has 3 rings (SSSR count). The lowest BCUT2D eigenvalue weighted by Crippen LogP contribution is -2.20. The van der Waals surface area contributed by atoms with E-state index in [0.717, 1.165) is 24.4 Å². The summed E-state index contributed by atoms with van der Waals surface area (Å²) < 4.78 is 17.9. The molecule has 3 aromatic rings. The minimum Gasteiger partial charge on any atom is -0.493 e. The number of benzene rings is 2. The quantitative estimate of drug-likeness (QED) is 0.310. The molecular weight excluding hydrogens is 434 g/mol. The number of hydrogen-bond donors (Lipinski definition) is 0. The van der Waals surface area contributed by atoms with Crippen LogP contribution < -0.4 is 9.47 Å². The highest BCUT2D eigenvalue weighted by molar-refractivity contribution is 5.99. The van der Waals surface area contributed by atoms with Gasteiger partial charge in [-0.25, -0.2) is 4.79 Å². The van der Waals surface area contributed by atoms with Crippen LogP contribution >= 0.6 is 0 Å². The lowest BCUT2D eigenvalue weighted by molar-refractivity contribution is -0.144. The second kappa shape index (κ2) is 11.3. The average molecular weight is 464 g/mol. The first kappa shape index (κ1) is 24.8. The molecule has 0 amide bonds. The Balaban J connectivity index is 1.54. The molecule has 0 aliphatic rings. The van der Waals surface area contributed by atoms with Crippen LogP contribution in [0.15, 0.2) is 54.6 Å². The number of nitrogens with zero attached hydrogens (tertiary/aromatic N) is 1. The Kier molecular flexibility index (Phi) is 8.24. The third-order valence-electron chi connectivity index (χ3n) is 5.62. The number of rotatable bonds is 11. The molecule has 0 saturated carbocycles. The van der Waals surface area contributed by atoms with Crippen molar-refractivity contribution in [2.75, 3.05) is 20.3 Å². The van der Waals surface area contributed by atoms with Crippen molar-refractivity contribution in [3.63, 3.8) is 0 Å². The van der Waals surface area contributed by atoms with E-state index in [2.05, 4.69) is 16.7 Å². The number of carbonyl (C=O) groups excluding carboxylic acids is 3. The summed E-state index contributed by atoms with van der Waals surface area (Å²) in [6.07, 6.45) is 0.855. The lowest BCUT2D eigenvalue weighted by Gasteiger charge is -2.11. The highest BCUT2D eigenvalue weighted by Gasteiger charge is 2.18. The maximum Gasteiger partial charge on any atom is 0.344 e. The van der Waals surface area contributed by atoms with Gasteiger partial charge in [0.25, 0.3) is 0 Å². The van der Waals surface area contributed by atoms with Gasteiger partial charge < -0.3 is 18.8 Å². The van der Waals surface area contributed by atoms with Crippen LogP contribution in [0.1, 0.15) is 44.6 Å². The van der Waals surface area contributed by atoms with E-state index >= 15 is 0 Å². The van der Waals surface area contributed by atoms with Crippen molar-refractivity contribution < 1.29 is 28.6 Å². The second-order valence-corrected chi connectivity index (χ2v) is 7.97. The third-order valence-corrected chi connectivity index (χ3v) is 5.62. The van der Waals surface area contributed by atoms with Crippen LogP contribution in [0.4, 0.5) is 0 Å². The van der Waals surface area contributed by atoms with Gasteiger partial charge in [-0.3, -0.25) is 9.59 Å². The van der Waals surface area contributed by atoms with Crippen LogP contribution in [0.3, 0.4) is 0 Å². The Bertz CT molecular complexity index is 1180. The predicted octanol–water partition coefficient (Wildman–Crippen LogP) is 4.36. The molecule has 0 saturated heterocycles. The first-order chi connectivity index (χ1) is 16.3. The molecule has 0 aliphatic heterocycles. The molecule has 0 aliphatic carbocycles. The van der Waals surface area contributed by atoms with E-state index in [-0.39, 0.29) is 24.8 Å². The molecule has 0 radical (unpaired) electrons.